The average Bonchev–Trinajstić information content (AvgIpc) is 2.76. The molecule has 2 rings (SSSR count). The summed E-state index contributed by atoms with van der Waals surface area (Å²) in [6.45, 7) is 1.28. The second-order valence-corrected chi connectivity index (χ2v) is 5.88. The Labute approximate surface area is 137 Å². The Morgan fingerprint density at radius 1 is 1.22 bits per heavy atom. The number of carbonyl (C=O) groups is 4. The molecular formula is C15H16N2O5S. The topological polar surface area (TPSA) is 92.8 Å². The van der Waals surface area contributed by atoms with E-state index in [9.17, 15) is 19.2 Å². The summed E-state index contributed by atoms with van der Waals surface area (Å²) in [7, 11) is 0. The van der Waals surface area contributed by atoms with E-state index >= 15 is 0 Å². The highest BCUT2D eigenvalue weighted by atomic mass is 32.2. The summed E-state index contributed by atoms with van der Waals surface area (Å²) < 4.78 is 0. The lowest BCUT2D eigenvalue weighted by atomic mass is 10.1. The Hall–Kier alpha value is -2.35. The zero-order valence-electron chi connectivity index (χ0n) is 12.7. The van der Waals surface area contributed by atoms with Crippen LogP contribution in [0.1, 0.15) is 34.1 Å². The van der Waals surface area contributed by atoms with Gasteiger partial charge in [0.05, 0.1) is 11.1 Å². The van der Waals surface area contributed by atoms with Crippen molar-refractivity contribution < 1.29 is 24.0 Å². The van der Waals surface area contributed by atoms with Crippen LogP contribution in [0, 0.1) is 0 Å². The van der Waals surface area contributed by atoms with Crippen LogP contribution in [0.15, 0.2) is 24.3 Å². The highest BCUT2D eigenvalue weighted by Crippen LogP contribution is 2.23. The van der Waals surface area contributed by atoms with Gasteiger partial charge in [0, 0.05) is 6.92 Å². The molecule has 1 heterocycles. The maximum Gasteiger partial charge on any atom is 0.355 e. The van der Waals surface area contributed by atoms with Crippen molar-refractivity contribution in [2.45, 2.75) is 19.4 Å². The lowest BCUT2D eigenvalue weighted by molar-refractivity contribution is -0.171. The van der Waals surface area contributed by atoms with Gasteiger partial charge in [0.15, 0.2) is 0 Å². The first-order valence-electron chi connectivity index (χ1n) is 6.91. The van der Waals surface area contributed by atoms with Gasteiger partial charge >= 0.3 is 5.97 Å². The number of hydrogen-bond donors (Lipinski definition) is 1. The summed E-state index contributed by atoms with van der Waals surface area (Å²) in [6, 6.07) is 5.30. The molecule has 1 aliphatic rings. The molecule has 1 aromatic rings. The summed E-state index contributed by atoms with van der Waals surface area (Å²) >= 11 is 1.50. The number of benzene rings is 1. The molecule has 8 heteroatoms. The van der Waals surface area contributed by atoms with E-state index in [1.54, 1.807) is 12.1 Å². The van der Waals surface area contributed by atoms with Gasteiger partial charge in [0.2, 0.25) is 5.91 Å². The van der Waals surface area contributed by atoms with E-state index in [4.69, 9.17) is 4.84 Å². The summed E-state index contributed by atoms with van der Waals surface area (Å²) in [4.78, 5) is 52.6. The van der Waals surface area contributed by atoms with E-state index in [0.29, 0.717) is 17.2 Å². The minimum absolute atomic E-state index is 0.186. The first-order chi connectivity index (χ1) is 11.0. The molecule has 122 valence electrons. The number of rotatable bonds is 6. The van der Waals surface area contributed by atoms with Crippen LogP contribution in [-0.4, -0.2) is 46.8 Å². The lowest BCUT2D eigenvalue weighted by Gasteiger charge is -2.19. The summed E-state index contributed by atoms with van der Waals surface area (Å²) in [5, 5.41) is 2.91. The van der Waals surface area contributed by atoms with Gasteiger partial charge in [-0.3, -0.25) is 14.4 Å². The van der Waals surface area contributed by atoms with Crippen molar-refractivity contribution in [3.63, 3.8) is 0 Å². The predicted octanol–water partition coefficient (Wildman–Crippen LogP) is 0.999. The smallest absolute Gasteiger partial charge is 0.343 e. The van der Waals surface area contributed by atoms with Crippen LogP contribution < -0.4 is 5.32 Å². The fourth-order valence-corrected chi connectivity index (χ4v) is 2.61. The number of nitrogens with zero attached hydrogens (tertiary/aromatic N) is 1. The molecule has 0 spiro atoms. The van der Waals surface area contributed by atoms with Crippen molar-refractivity contribution in [3.05, 3.63) is 35.4 Å². The lowest BCUT2D eigenvalue weighted by Crippen LogP contribution is -2.45. The fourth-order valence-electron chi connectivity index (χ4n) is 2.13. The number of fused-ring (bicyclic) bond motifs is 1. The molecule has 1 unspecified atom stereocenters. The van der Waals surface area contributed by atoms with Crippen LogP contribution >= 0.6 is 11.8 Å². The predicted molar refractivity (Wildman–Crippen MR) is 83.6 cm³/mol. The SMILES string of the molecule is CSCCC(NC(C)=O)C(=O)ON1C(=O)c2ccccc2C1=O. The Kier molecular flexibility index (Phi) is 5.38. The number of amides is 3. The van der Waals surface area contributed by atoms with Gasteiger partial charge in [-0.05, 0) is 30.6 Å². The standard InChI is InChI=1S/C15H16N2O5S/c1-9(18)16-12(7-8-23-2)15(21)22-17-13(19)10-5-3-4-6-11(10)14(17)20/h3-6,12H,7-8H2,1-2H3,(H,16,18). The van der Waals surface area contributed by atoms with Gasteiger partial charge in [-0.15, -0.1) is 0 Å². The molecular weight excluding hydrogens is 320 g/mol. The summed E-state index contributed by atoms with van der Waals surface area (Å²) in [5.74, 6) is -2.00. The average molecular weight is 336 g/mol. The molecule has 1 N–H and O–H groups in total. The molecule has 0 radical (unpaired) electrons. The van der Waals surface area contributed by atoms with Crippen molar-refractivity contribution in [2.24, 2.45) is 0 Å². The van der Waals surface area contributed by atoms with E-state index in [0.717, 1.165) is 0 Å². The van der Waals surface area contributed by atoms with Crippen LogP contribution in [0.5, 0.6) is 0 Å². The highest BCUT2D eigenvalue weighted by molar-refractivity contribution is 7.98. The molecule has 1 atom stereocenters. The molecule has 0 bridgehead atoms. The largest absolute Gasteiger partial charge is 0.355 e. The zero-order valence-corrected chi connectivity index (χ0v) is 13.5. The van der Waals surface area contributed by atoms with Gasteiger partial charge < -0.3 is 10.2 Å². The third-order valence-electron chi connectivity index (χ3n) is 3.21. The van der Waals surface area contributed by atoms with Gasteiger partial charge in [0.1, 0.15) is 6.04 Å². The number of carbonyl (C=O) groups excluding carboxylic acids is 4. The van der Waals surface area contributed by atoms with Crippen LogP contribution in [0.4, 0.5) is 0 Å². The first-order valence-corrected chi connectivity index (χ1v) is 8.30. The third-order valence-corrected chi connectivity index (χ3v) is 3.85. The van der Waals surface area contributed by atoms with E-state index in [1.807, 2.05) is 6.26 Å². The van der Waals surface area contributed by atoms with Gasteiger partial charge in [0.25, 0.3) is 11.8 Å². The molecule has 0 saturated carbocycles. The summed E-state index contributed by atoms with van der Waals surface area (Å²) in [6.07, 6.45) is 2.20. The van der Waals surface area contributed by atoms with E-state index in [1.165, 1.54) is 30.8 Å². The van der Waals surface area contributed by atoms with Crippen LogP contribution in [-0.2, 0) is 14.4 Å². The Morgan fingerprint density at radius 3 is 2.26 bits per heavy atom. The maximum absolute atomic E-state index is 12.2. The van der Waals surface area contributed by atoms with Gasteiger partial charge in [-0.2, -0.15) is 11.8 Å². The molecule has 7 nitrogen and oxygen atoms in total. The van der Waals surface area contributed by atoms with Crippen LogP contribution in [0.25, 0.3) is 0 Å². The summed E-state index contributed by atoms with van der Waals surface area (Å²) in [5.41, 5.74) is 0.371. The van der Waals surface area contributed by atoms with Crippen molar-refractivity contribution in [2.75, 3.05) is 12.0 Å². The minimum atomic E-state index is -0.913. The number of nitrogens with one attached hydrogen (secondary N) is 1. The van der Waals surface area contributed by atoms with Crippen molar-refractivity contribution >= 4 is 35.5 Å². The zero-order chi connectivity index (χ0) is 17.0. The highest BCUT2D eigenvalue weighted by Gasteiger charge is 2.39. The molecule has 0 aromatic heterocycles. The minimum Gasteiger partial charge on any atom is -0.343 e. The molecule has 3 amide bonds. The molecule has 0 fully saturated rings. The molecule has 23 heavy (non-hydrogen) atoms. The van der Waals surface area contributed by atoms with Crippen LogP contribution in [0.2, 0.25) is 0 Å². The second kappa shape index (κ2) is 7.28. The van der Waals surface area contributed by atoms with Gasteiger partial charge in [-0.1, -0.05) is 17.2 Å². The van der Waals surface area contributed by atoms with Crippen molar-refractivity contribution in [3.8, 4) is 0 Å². The molecule has 1 aromatic carbocycles. The molecule has 0 aliphatic carbocycles. The van der Waals surface area contributed by atoms with E-state index in [-0.39, 0.29) is 11.1 Å². The fraction of sp³-hybridized carbons (Fsp3) is 0.333. The van der Waals surface area contributed by atoms with Crippen molar-refractivity contribution in [1.82, 2.24) is 10.4 Å². The van der Waals surface area contributed by atoms with Crippen LogP contribution in [0.3, 0.4) is 0 Å². The van der Waals surface area contributed by atoms with E-state index < -0.39 is 29.7 Å². The Bertz CT molecular complexity index is 626. The Balaban J connectivity index is 2.11. The number of hydrogen-bond acceptors (Lipinski definition) is 6. The molecule has 0 saturated heterocycles. The second-order valence-electron chi connectivity index (χ2n) is 4.90. The Morgan fingerprint density at radius 2 is 1.78 bits per heavy atom. The number of hydroxylamine groups is 2. The number of imide groups is 1. The monoisotopic (exact) mass is 336 g/mol. The quantitative estimate of drug-likeness (QED) is 0.779. The maximum atomic E-state index is 12.2. The molecule has 1 aliphatic heterocycles. The van der Waals surface area contributed by atoms with E-state index in [2.05, 4.69) is 5.32 Å². The first kappa shape index (κ1) is 17.0. The third kappa shape index (κ3) is 3.70. The van der Waals surface area contributed by atoms with Gasteiger partial charge in [-0.25, -0.2) is 4.79 Å². The normalized spacial score (nSPS) is 14.4. The number of thioether (sulfide) groups is 1. The van der Waals surface area contributed by atoms with Crippen molar-refractivity contribution in [1.29, 1.82) is 0 Å².